The molecule has 0 radical (unpaired) electrons. The number of allylic oxidation sites excluding steroid dienone is 1. The molecule has 3 heteroatoms. The molecule has 1 atom stereocenters. The lowest BCUT2D eigenvalue weighted by Crippen LogP contribution is -2.47. The number of nitriles is 1. The largest absolute Gasteiger partial charge is 0.497 e. The zero-order valence-electron chi connectivity index (χ0n) is 14.1. The maximum absolute atomic E-state index is 9.68. The van der Waals surface area contributed by atoms with Crippen LogP contribution in [0.3, 0.4) is 0 Å². The second-order valence-electron chi connectivity index (χ2n) is 7.29. The highest BCUT2D eigenvalue weighted by atomic mass is 28.3. The number of nitrogens with zero attached hydrogens (tertiary/aromatic N) is 1. The van der Waals surface area contributed by atoms with Gasteiger partial charge < -0.3 is 4.74 Å². The highest BCUT2D eigenvalue weighted by Gasteiger charge is 2.49. The standard InChI is InChI=1S/C18H27NOSi/c1-17(2,3)21(5,6)18(4,15-19)12-13-20-14-16-10-8-7-9-11-16/h7-13H,14H2,1-6H3/b13-12-. The predicted octanol–water partition coefficient (Wildman–Crippen LogP) is 5.51. The molecule has 0 heterocycles. The molecule has 0 N–H and O–H groups in total. The first-order valence-electron chi connectivity index (χ1n) is 7.38. The minimum Gasteiger partial charge on any atom is -0.497 e. The van der Waals surface area contributed by atoms with Gasteiger partial charge >= 0.3 is 0 Å². The first kappa shape index (κ1) is 17.5. The lowest BCUT2D eigenvalue weighted by atomic mass is 10.2. The van der Waals surface area contributed by atoms with Crippen LogP contribution in [0.4, 0.5) is 0 Å². The highest BCUT2D eigenvalue weighted by molar-refractivity contribution is 6.84. The lowest BCUT2D eigenvalue weighted by Gasteiger charge is -2.45. The number of rotatable bonds is 5. The SMILES string of the molecule is CC(C)(C)[Si](C)(C)C(C)(C#N)/C=C\OCc1ccccc1. The van der Waals surface area contributed by atoms with Crippen molar-refractivity contribution in [3.05, 3.63) is 48.2 Å². The summed E-state index contributed by atoms with van der Waals surface area (Å²) in [5.74, 6) is 0. The summed E-state index contributed by atoms with van der Waals surface area (Å²) in [6.45, 7) is 13.8. The molecule has 0 saturated carbocycles. The Hall–Kier alpha value is -1.53. The third-order valence-electron chi connectivity index (χ3n) is 5.00. The van der Waals surface area contributed by atoms with Crippen LogP contribution in [0.15, 0.2) is 42.7 Å². The molecule has 0 aliphatic carbocycles. The normalized spacial score (nSPS) is 15.5. The maximum Gasteiger partial charge on any atom is 0.112 e. The van der Waals surface area contributed by atoms with E-state index in [4.69, 9.17) is 4.74 Å². The Morgan fingerprint density at radius 2 is 1.71 bits per heavy atom. The quantitative estimate of drug-likeness (QED) is 0.530. The molecular formula is C18H27NOSi. The van der Waals surface area contributed by atoms with Gasteiger partial charge in [-0.3, -0.25) is 0 Å². The van der Waals surface area contributed by atoms with E-state index in [9.17, 15) is 5.26 Å². The van der Waals surface area contributed by atoms with E-state index >= 15 is 0 Å². The zero-order chi connectivity index (χ0) is 16.1. The van der Waals surface area contributed by atoms with Crippen molar-refractivity contribution < 1.29 is 4.74 Å². The Labute approximate surface area is 130 Å². The fourth-order valence-electron chi connectivity index (χ4n) is 2.07. The Morgan fingerprint density at radius 1 is 1.14 bits per heavy atom. The second kappa shape index (κ2) is 6.49. The van der Waals surface area contributed by atoms with Gasteiger partial charge in [-0.15, -0.1) is 0 Å². The van der Waals surface area contributed by atoms with Gasteiger partial charge in [0.2, 0.25) is 0 Å². The summed E-state index contributed by atoms with van der Waals surface area (Å²) < 4.78 is 5.62. The molecule has 1 aromatic rings. The van der Waals surface area contributed by atoms with Gasteiger partial charge in [0.25, 0.3) is 0 Å². The average Bonchev–Trinajstić information content (AvgIpc) is 2.43. The minimum atomic E-state index is -1.82. The molecule has 0 amide bonds. The van der Waals surface area contributed by atoms with Crippen molar-refractivity contribution in [2.75, 3.05) is 0 Å². The van der Waals surface area contributed by atoms with Crippen LogP contribution in [0.25, 0.3) is 0 Å². The molecule has 1 aromatic carbocycles. The van der Waals surface area contributed by atoms with Gasteiger partial charge in [0.05, 0.1) is 25.4 Å². The number of ether oxygens (including phenoxy) is 1. The fraction of sp³-hybridized carbons (Fsp3) is 0.500. The van der Waals surface area contributed by atoms with Crippen molar-refractivity contribution in [3.8, 4) is 6.07 Å². The molecule has 1 rings (SSSR count). The monoisotopic (exact) mass is 301 g/mol. The van der Waals surface area contributed by atoms with Gasteiger partial charge in [-0.1, -0.05) is 64.2 Å². The van der Waals surface area contributed by atoms with Gasteiger partial charge in [0.1, 0.15) is 6.61 Å². The van der Waals surface area contributed by atoms with Crippen LogP contribution in [-0.4, -0.2) is 8.07 Å². The fourth-order valence-corrected chi connectivity index (χ4v) is 4.39. The highest BCUT2D eigenvalue weighted by Crippen LogP contribution is 2.51. The van der Waals surface area contributed by atoms with E-state index in [1.54, 1.807) is 6.26 Å². The molecule has 0 aliphatic heterocycles. The van der Waals surface area contributed by atoms with E-state index in [-0.39, 0.29) is 5.04 Å². The van der Waals surface area contributed by atoms with Crippen LogP contribution in [0.5, 0.6) is 0 Å². The van der Waals surface area contributed by atoms with E-state index in [1.165, 1.54) is 0 Å². The summed E-state index contributed by atoms with van der Waals surface area (Å²) in [5, 5.41) is 9.39. The van der Waals surface area contributed by atoms with Gasteiger partial charge in [0, 0.05) is 0 Å². The van der Waals surface area contributed by atoms with E-state index in [0.717, 1.165) is 5.56 Å². The molecular weight excluding hydrogens is 274 g/mol. The average molecular weight is 302 g/mol. The Bertz CT molecular complexity index is 522. The van der Waals surface area contributed by atoms with E-state index < -0.39 is 13.1 Å². The Balaban J connectivity index is 2.78. The second-order valence-corrected chi connectivity index (χ2v) is 13.1. The van der Waals surface area contributed by atoms with Crippen LogP contribution >= 0.6 is 0 Å². The van der Waals surface area contributed by atoms with Crippen molar-refractivity contribution in [1.82, 2.24) is 0 Å². The van der Waals surface area contributed by atoms with E-state index in [1.807, 2.05) is 43.3 Å². The van der Waals surface area contributed by atoms with Crippen LogP contribution in [0.2, 0.25) is 23.2 Å². The third-order valence-corrected chi connectivity index (χ3v) is 11.6. The number of hydrogen-bond donors (Lipinski definition) is 0. The Kier molecular flexibility index (Phi) is 5.41. The lowest BCUT2D eigenvalue weighted by molar-refractivity contribution is 0.235. The topological polar surface area (TPSA) is 33.0 Å². The number of hydrogen-bond acceptors (Lipinski definition) is 2. The van der Waals surface area contributed by atoms with Crippen molar-refractivity contribution in [1.29, 1.82) is 5.26 Å². The van der Waals surface area contributed by atoms with Crippen LogP contribution < -0.4 is 0 Å². The zero-order valence-corrected chi connectivity index (χ0v) is 15.1. The molecule has 0 aromatic heterocycles. The first-order valence-corrected chi connectivity index (χ1v) is 10.4. The van der Waals surface area contributed by atoms with Gasteiger partial charge in [-0.25, -0.2) is 0 Å². The van der Waals surface area contributed by atoms with E-state index in [2.05, 4.69) is 39.9 Å². The van der Waals surface area contributed by atoms with Gasteiger partial charge in [-0.05, 0) is 23.6 Å². The van der Waals surface area contributed by atoms with Crippen LogP contribution in [0.1, 0.15) is 33.3 Å². The molecule has 0 spiro atoms. The summed E-state index contributed by atoms with van der Waals surface area (Å²) in [5.41, 5.74) is 1.13. The maximum atomic E-state index is 9.68. The minimum absolute atomic E-state index is 0.154. The molecule has 2 nitrogen and oxygen atoms in total. The molecule has 21 heavy (non-hydrogen) atoms. The Morgan fingerprint density at radius 3 is 2.19 bits per heavy atom. The first-order chi connectivity index (χ1) is 9.64. The third kappa shape index (κ3) is 3.98. The molecule has 0 aliphatic rings. The van der Waals surface area contributed by atoms with Crippen molar-refractivity contribution in [3.63, 3.8) is 0 Å². The van der Waals surface area contributed by atoms with Gasteiger partial charge in [0.15, 0.2) is 0 Å². The summed E-state index contributed by atoms with van der Waals surface area (Å²) in [4.78, 5) is 0. The molecule has 114 valence electrons. The molecule has 0 bridgehead atoms. The smallest absolute Gasteiger partial charge is 0.112 e. The van der Waals surface area contributed by atoms with Crippen LogP contribution in [-0.2, 0) is 11.3 Å². The van der Waals surface area contributed by atoms with Crippen molar-refractivity contribution in [2.45, 2.75) is 57.5 Å². The summed E-state index contributed by atoms with van der Waals surface area (Å²) >= 11 is 0. The summed E-state index contributed by atoms with van der Waals surface area (Å²) in [6, 6.07) is 12.6. The van der Waals surface area contributed by atoms with Crippen molar-refractivity contribution in [2.24, 2.45) is 0 Å². The van der Waals surface area contributed by atoms with Crippen LogP contribution in [0, 0.1) is 11.3 Å². The molecule has 1 unspecified atom stereocenters. The molecule has 0 saturated heterocycles. The molecule has 0 fully saturated rings. The van der Waals surface area contributed by atoms with Crippen molar-refractivity contribution >= 4 is 8.07 Å². The summed E-state index contributed by atoms with van der Waals surface area (Å²) in [7, 11) is -1.82. The predicted molar refractivity (Wildman–Crippen MR) is 91.5 cm³/mol. The number of benzene rings is 1. The van der Waals surface area contributed by atoms with E-state index in [0.29, 0.717) is 6.61 Å². The summed E-state index contributed by atoms with van der Waals surface area (Å²) in [6.07, 6.45) is 3.66. The van der Waals surface area contributed by atoms with Gasteiger partial charge in [-0.2, -0.15) is 5.26 Å².